The Morgan fingerprint density at radius 2 is 2.04 bits per heavy atom. The van der Waals surface area contributed by atoms with E-state index in [4.69, 9.17) is 4.42 Å². The molecule has 1 heterocycles. The normalized spacial score (nSPS) is 18.4. The van der Waals surface area contributed by atoms with Crippen molar-refractivity contribution in [1.82, 2.24) is 20.5 Å². The number of oxazole rings is 1. The van der Waals surface area contributed by atoms with Gasteiger partial charge in [-0.3, -0.25) is 4.90 Å². The molecule has 2 fully saturated rings. The minimum Gasteiger partial charge on any atom is -0.443 e. The summed E-state index contributed by atoms with van der Waals surface area (Å²) in [6.45, 7) is 13.1. The van der Waals surface area contributed by atoms with Crippen molar-refractivity contribution in [3.05, 3.63) is 17.8 Å². The van der Waals surface area contributed by atoms with Crippen LogP contribution < -0.4 is 10.6 Å². The van der Waals surface area contributed by atoms with Crippen molar-refractivity contribution in [3.63, 3.8) is 0 Å². The number of nitrogens with one attached hydrogen (secondary N) is 2. The summed E-state index contributed by atoms with van der Waals surface area (Å²) in [4.78, 5) is 11.7. The first kappa shape index (κ1) is 19.2. The van der Waals surface area contributed by atoms with Gasteiger partial charge in [0.05, 0.1) is 6.20 Å². The van der Waals surface area contributed by atoms with Crippen LogP contribution in [0.4, 0.5) is 0 Å². The molecule has 0 bridgehead atoms. The quantitative estimate of drug-likeness (QED) is 0.523. The summed E-state index contributed by atoms with van der Waals surface area (Å²) in [6, 6.07) is 0.833. The maximum Gasteiger partial charge on any atom is 0.216 e. The van der Waals surface area contributed by atoms with E-state index in [-0.39, 0.29) is 5.41 Å². The number of hydrogen-bond acceptors (Lipinski definition) is 4. The molecule has 1 aromatic rings. The van der Waals surface area contributed by atoms with Crippen molar-refractivity contribution in [1.29, 1.82) is 0 Å². The zero-order chi connectivity index (χ0) is 18.6. The zero-order valence-electron chi connectivity index (χ0n) is 16.8. The van der Waals surface area contributed by atoms with Crippen molar-refractivity contribution in [2.75, 3.05) is 26.2 Å². The summed E-state index contributed by atoms with van der Waals surface area (Å²) < 4.78 is 5.83. The fraction of sp³-hybridized carbons (Fsp3) is 0.800. The first-order valence-electron chi connectivity index (χ1n) is 10.2. The third kappa shape index (κ3) is 6.01. The maximum absolute atomic E-state index is 5.83. The van der Waals surface area contributed by atoms with E-state index in [2.05, 4.69) is 53.2 Å². The number of aromatic nitrogens is 1. The van der Waals surface area contributed by atoms with Crippen LogP contribution in [-0.4, -0.2) is 48.1 Å². The van der Waals surface area contributed by atoms with Crippen LogP contribution in [0.5, 0.6) is 0 Å². The Morgan fingerprint density at radius 3 is 2.62 bits per heavy atom. The summed E-state index contributed by atoms with van der Waals surface area (Å²) in [5.74, 6) is 3.37. The molecule has 26 heavy (non-hydrogen) atoms. The van der Waals surface area contributed by atoms with Crippen molar-refractivity contribution in [3.8, 4) is 0 Å². The van der Waals surface area contributed by atoms with E-state index >= 15 is 0 Å². The molecular weight excluding hydrogens is 326 g/mol. The molecule has 3 rings (SSSR count). The van der Waals surface area contributed by atoms with Crippen molar-refractivity contribution in [2.45, 2.75) is 71.4 Å². The molecular formula is C20H35N5O. The monoisotopic (exact) mass is 361 g/mol. The summed E-state index contributed by atoms with van der Waals surface area (Å²) >= 11 is 0. The predicted molar refractivity (Wildman–Crippen MR) is 105 cm³/mol. The molecule has 2 aliphatic carbocycles. The minimum atomic E-state index is -0.0223. The predicted octanol–water partition coefficient (Wildman–Crippen LogP) is 2.90. The van der Waals surface area contributed by atoms with Gasteiger partial charge in [-0.2, -0.15) is 0 Å². The maximum atomic E-state index is 5.83. The lowest BCUT2D eigenvalue weighted by Crippen LogP contribution is -2.42. The molecule has 0 spiro atoms. The van der Waals surface area contributed by atoms with Gasteiger partial charge in [-0.05, 0) is 38.5 Å². The summed E-state index contributed by atoms with van der Waals surface area (Å²) in [6.07, 6.45) is 7.42. The van der Waals surface area contributed by atoms with Crippen molar-refractivity contribution < 1.29 is 4.42 Å². The van der Waals surface area contributed by atoms with Gasteiger partial charge in [0.2, 0.25) is 5.89 Å². The molecule has 1 aromatic heterocycles. The van der Waals surface area contributed by atoms with Gasteiger partial charge in [0.1, 0.15) is 12.3 Å². The Bertz CT molecular complexity index is 596. The third-order valence-electron chi connectivity index (χ3n) is 4.95. The summed E-state index contributed by atoms with van der Waals surface area (Å²) in [7, 11) is 0. The van der Waals surface area contributed by atoms with Crippen molar-refractivity contribution >= 4 is 5.96 Å². The SMILES string of the molecule is CCNC(=NCc1ncc(C(C)(C)C)o1)NCCN(CC1CC1)C1CC1. The number of guanidine groups is 1. The summed E-state index contributed by atoms with van der Waals surface area (Å²) in [5.41, 5.74) is -0.0223. The highest BCUT2D eigenvalue weighted by Gasteiger charge is 2.33. The smallest absolute Gasteiger partial charge is 0.216 e. The van der Waals surface area contributed by atoms with E-state index in [1.807, 2.05) is 6.20 Å². The van der Waals surface area contributed by atoms with Crippen LogP contribution in [0.1, 0.15) is 65.0 Å². The Hall–Kier alpha value is -1.56. The van der Waals surface area contributed by atoms with Crippen LogP contribution >= 0.6 is 0 Å². The minimum absolute atomic E-state index is 0.0223. The Kier molecular flexibility index (Phi) is 6.22. The topological polar surface area (TPSA) is 65.7 Å². The fourth-order valence-electron chi connectivity index (χ4n) is 3.03. The highest BCUT2D eigenvalue weighted by Crippen LogP contribution is 2.34. The lowest BCUT2D eigenvalue weighted by Gasteiger charge is -2.22. The largest absolute Gasteiger partial charge is 0.443 e. The molecule has 0 atom stereocenters. The van der Waals surface area contributed by atoms with Crippen LogP contribution in [0.25, 0.3) is 0 Å². The van der Waals surface area contributed by atoms with Gasteiger partial charge >= 0.3 is 0 Å². The lowest BCUT2D eigenvalue weighted by molar-refractivity contribution is 0.256. The van der Waals surface area contributed by atoms with E-state index < -0.39 is 0 Å². The molecule has 0 aliphatic heterocycles. The van der Waals surface area contributed by atoms with Gasteiger partial charge in [0, 0.05) is 37.6 Å². The fourth-order valence-corrected chi connectivity index (χ4v) is 3.03. The lowest BCUT2D eigenvalue weighted by atomic mass is 9.94. The Morgan fingerprint density at radius 1 is 1.27 bits per heavy atom. The van der Waals surface area contributed by atoms with Crippen molar-refractivity contribution in [2.24, 2.45) is 10.9 Å². The van der Waals surface area contributed by atoms with Crippen LogP contribution in [0.15, 0.2) is 15.6 Å². The highest BCUT2D eigenvalue weighted by atomic mass is 16.4. The zero-order valence-corrected chi connectivity index (χ0v) is 16.8. The highest BCUT2D eigenvalue weighted by molar-refractivity contribution is 5.79. The average molecular weight is 362 g/mol. The van der Waals surface area contributed by atoms with E-state index in [0.29, 0.717) is 12.4 Å². The first-order chi connectivity index (χ1) is 12.5. The molecule has 0 aromatic carbocycles. The number of rotatable bonds is 9. The molecule has 0 radical (unpaired) electrons. The molecule has 2 N–H and O–H groups in total. The van der Waals surface area contributed by atoms with Gasteiger partial charge < -0.3 is 15.1 Å². The third-order valence-corrected chi connectivity index (χ3v) is 4.95. The number of nitrogens with zero attached hydrogens (tertiary/aromatic N) is 3. The van der Waals surface area contributed by atoms with Gasteiger partial charge in [0.15, 0.2) is 5.96 Å². The number of hydrogen-bond donors (Lipinski definition) is 2. The molecule has 0 amide bonds. The van der Waals surface area contributed by atoms with E-state index in [9.17, 15) is 0 Å². The molecule has 6 heteroatoms. The molecule has 146 valence electrons. The van der Waals surface area contributed by atoms with E-state index in [1.165, 1.54) is 32.2 Å². The Balaban J connectivity index is 1.47. The standard InChI is InChI=1S/C20H35N5O/c1-5-21-19(24-13-18-23-12-17(26-18)20(2,3)4)22-10-11-25(16-8-9-16)14-15-6-7-15/h12,15-16H,5-11,13-14H2,1-4H3,(H2,21,22,24). The van der Waals surface area contributed by atoms with E-state index in [1.54, 1.807) is 0 Å². The second-order valence-corrected chi connectivity index (χ2v) is 8.66. The molecule has 0 unspecified atom stereocenters. The first-order valence-corrected chi connectivity index (χ1v) is 10.2. The molecule has 0 saturated heterocycles. The van der Waals surface area contributed by atoms with Crippen LogP contribution in [0.3, 0.4) is 0 Å². The van der Waals surface area contributed by atoms with Gasteiger partial charge in [-0.1, -0.05) is 20.8 Å². The second-order valence-electron chi connectivity index (χ2n) is 8.66. The Labute approximate surface area is 157 Å². The molecule has 2 saturated carbocycles. The van der Waals surface area contributed by atoms with Gasteiger partial charge in [0.25, 0.3) is 0 Å². The van der Waals surface area contributed by atoms with Crippen LogP contribution in [-0.2, 0) is 12.0 Å². The second kappa shape index (κ2) is 8.42. The molecule has 2 aliphatic rings. The average Bonchev–Trinajstić information content (AvgIpc) is 3.50. The van der Waals surface area contributed by atoms with Gasteiger partial charge in [-0.15, -0.1) is 0 Å². The van der Waals surface area contributed by atoms with E-state index in [0.717, 1.165) is 43.3 Å². The number of aliphatic imine (C=N–C) groups is 1. The van der Waals surface area contributed by atoms with Crippen LogP contribution in [0, 0.1) is 5.92 Å². The molecule has 6 nitrogen and oxygen atoms in total. The van der Waals surface area contributed by atoms with Gasteiger partial charge in [-0.25, -0.2) is 9.98 Å². The van der Waals surface area contributed by atoms with Crippen LogP contribution in [0.2, 0.25) is 0 Å². The summed E-state index contributed by atoms with van der Waals surface area (Å²) in [5, 5.41) is 6.78.